The maximum absolute atomic E-state index is 4.98. The lowest BCUT2D eigenvalue weighted by Crippen LogP contribution is -2.01. The third-order valence-electron chi connectivity index (χ3n) is 7.87. The van der Waals surface area contributed by atoms with Crippen LogP contribution in [-0.2, 0) is 0 Å². The zero-order valence-corrected chi connectivity index (χ0v) is 25.6. The van der Waals surface area contributed by atoms with Gasteiger partial charge < -0.3 is 0 Å². The van der Waals surface area contributed by atoms with Crippen molar-refractivity contribution in [1.29, 1.82) is 0 Å². The van der Waals surface area contributed by atoms with E-state index in [9.17, 15) is 0 Å². The number of nitrogens with zero attached hydrogens (tertiary/aromatic N) is 8. The molecule has 48 heavy (non-hydrogen) atoms. The minimum atomic E-state index is 0.432. The Balaban J connectivity index is 1.17. The molecule has 8 nitrogen and oxygen atoms in total. The highest BCUT2D eigenvalue weighted by molar-refractivity contribution is 5.80. The highest BCUT2D eigenvalue weighted by atomic mass is 15.2. The summed E-state index contributed by atoms with van der Waals surface area (Å²) in [5, 5.41) is 18.3. The predicted octanol–water partition coefficient (Wildman–Crippen LogP) is 8.52. The quantitative estimate of drug-likeness (QED) is 0.175. The third kappa shape index (κ3) is 5.81. The summed E-state index contributed by atoms with van der Waals surface area (Å²) in [6, 6.07) is 47.7. The van der Waals surface area contributed by atoms with Crippen molar-refractivity contribution in [2.75, 3.05) is 0 Å². The van der Waals surface area contributed by atoms with E-state index in [1.54, 1.807) is 12.4 Å². The predicted molar refractivity (Wildman–Crippen MR) is 187 cm³/mol. The Hall–Kier alpha value is -6.80. The molecule has 0 fully saturated rings. The summed E-state index contributed by atoms with van der Waals surface area (Å²) in [7, 11) is 0. The summed E-state index contributed by atoms with van der Waals surface area (Å²) in [5.41, 5.74) is 9.72. The second-order valence-electron chi connectivity index (χ2n) is 11.0. The Kier molecular flexibility index (Phi) is 7.70. The lowest BCUT2D eigenvalue weighted by atomic mass is 10.0. The molecule has 0 atom stereocenters. The third-order valence-corrected chi connectivity index (χ3v) is 7.87. The largest absolute Gasteiger partial charge is 0.253 e. The van der Waals surface area contributed by atoms with Crippen LogP contribution in [0.2, 0.25) is 0 Å². The molecule has 0 radical (unpaired) electrons. The van der Waals surface area contributed by atoms with Gasteiger partial charge in [-0.3, -0.25) is 9.97 Å². The van der Waals surface area contributed by atoms with Crippen LogP contribution in [0.25, 0.3) is 79.2 Å². The van der Waals surface area contributed by atoms with Gasteiger partial charge in [-0.2, -0.15) is 0 Å². The number of hydrogen-bond acceptors (Lipinski definition) is 8. The van der Waals surface area contributed by atoms with Crippen LogP contribution in [0.3, 0.4) is 0 Å². The average Bonchev–Trinajstić information content (AvgIpc) is 3.19. The topological polar surface area (TPSA) is 103 Å². The summed E-state index contributed by atoms with van der Waals surface area (Å²) in [6.45, 7) is 0. The van der Waals surface area contributed by atoms with Gasteiger partial charge in [0.2, 0.25) is 11.6 Å². The highest BCUT2D eigenvalue weighted by Gasteiger charge is 2.18. The Bertz CT molecular complexity index is 2160. The number of benzene rings is 4. The smallest absolute Gasteiger partial charge is 0.201 e. The molecule has 0 saturated heterocycles. The van der Waals surface area contributed by atoms with Crippen molar-refractivity contribution in [3.05, 3.63) is 158 Å². The Labute approximate surface area is 277 Å². The molecule has 0 spiro atoms. The first-order valence-electron chi connectivity index (χ1n) is 15.4. The van der Waals surface area contributed by atoms with Crippen LogP contribution in [0.15, 0.2) is 158 Å². The van der Waals surface area contributed by atoms with E-state index >= 15 is 0 Å². The molecule has 0 aliphatic heterocycles. The second-order valence-corrected chi connectivity index (χ2v) is 11.0. The molecule has 0 unspecified atom stereocenters. The maximum Gasteiger partial charge on any atom is 0.201 e. The molecule has 226 valence electrons. The lowest BCUT2D eigenvalue weighted by molar-refractivity contribution is 0.981. The van der Waals surface area contributed by atoms with Gasteiger partial charge in [-0.1, -0.05) is 121 Å². The summed E-state index contributed by atoms with van der Waals surface area (Å²) in [6.07, 6.45) is 3.50. The van der Waals surface area contributed by atoms with Gasteiger partial charge in [0.15, 0.2) is 0 Å². The van der Waals surface area contributed by atoms with E-state index in [1.807, 2.05) is 146 Å². The van der Waals surface area contributed by atoms with Crippen LogP contribution >= 0.6 is 0 Å². The van der Waals surface area contributed by atoms with Crippen molar-refractivity contribution in [1.82, 2.24) is 40.3 Å². The highest BCUT2D eigenvalue weighted by Crippen LogP contribution is 2.32. The molecule has 0 saturated carbocycles. The van der Waals surface area contributed by atoms with E-state index < -0.39 is 0 Å². The molecule has 0 aliphatic rings. The average molecular weight is 619 g/mol. The number of hydrogen-bond donors (Lipinski definition) is 0. The number of aromatic nitrogens is 8. The summed E-state index contributed by atoms with van der Waals surface area (Å²) in [5.74, 6) is 0.863. The Morgan fingerprint density at radius 3 is 0.979 bits per heavy atom. The number of rotatable bonds is 7. The lowest BCUT2D eigenvalue weighted by Gasteiger charge is -2.11. The van der Waals surface area contributed by atoms with E-state index in [4.69, 9.17) is 9.97 Å². The number of pyridine rings is 2. The van der Waals surface area contributed by atoms with Gasteiger partial charge in [-0.15, -0.1) is 20.4 Å². The van der Waals surface area contributed by atoms with Crippen molar-refractivity contribution in [3.63, 3.8) is 0 Å². The molecule has 4 heterocycles. The first kappa shape index (κ1) is 28.7. The summed E-state index contributed by atoms with van der Waals surface area (Å²) in [4.78, 5) is 19.2. The van der Waals surface area contributed by atoms with Gasteiger partial charge in [0, 0.05) is 34.6 Å². The van der Waals surface area contributed by atoms with Crippen molar-refractivity contribution in [3.8, 4) is 79.2 Å². The fraction of sp³-hybridized carbons (Fsp3) is 0. The van der Waals surface area contributed by atoms with E-state index in [1.165, 1.54) is 0 Å². The SMILES string of the molecule is c1ccc(-c2nnc(-c3cc(-c4ccnc(-c5nnc(-c6ccccc6)c(-c6ccccc6)n5)c4)ccn3)nc2-c2ccccc2)cc1. The first-order valence-corrected chi connectivity index (χ1v) is 15.4. The fourth-order valence-electron chi connectivity index (χ4n) is 5.51. The first-order chi connectivity index (χ1) is 23.8. The van der Waals surface area contributed by atoms with Crippen molar-refractivity contribution in [2.45, 2.75) is 0 Å². The van der Waals surface area contributed by atoms with Gasteiger partial charge in [0.1, 0.15) is 34.2 Å². The standard InChI is InChI=1S/C40H26N8/c1-5-13-27(14-6-1)35-37(29-17-9-3-10-18-29)45-47-39(43-35)33-25-31(21-23-41-33)32-22-24-42-34(26-32)40-44-36(28-15-7-2-8-16-28)38(46-48-40)30-19-11-4-12-20-30/h1-26H. The maximum atomic E-state index is 4.98. The van der Waals surface area contributed by atoms with Gasteiger partial charge in [0.25, 0.3) is 0 Å². The van der Waals surface area contributed by atoms with Gasteiger partial charge in [-0.25, -0.2) is 9.97 Å². The summed E-state index contributed by atoms with van der Waals surface area (Å²) >= 11 is 0. The van der Waals surface area contributed by atoms with Gasteiger partial charge in [-0.05, 0) is 35.4 Å². The van der Waals surface area contributed by atoms with Crippen molar-refractivity contribution in [2.24, 2.45) is 0 Å². The molecule has 0 amide bonds. The Morgan fingerprint density at radius 2 is 0.625 bits per heavy atom. The van der Waals surface area contributed by atoms with Crippen LogP contribution in [0.5, 0.6) is 0 Å². The van der Waals surface area contributed by atoms with Crippen molar-refractivity contribution < 1.29 is 0 Å². The second kappa shape index (κ2) is 12.9. The van der Waals surface area contributed by atoms with Crippen molar-refractivity contribution >= 4 is 0 Å². The minimum Gasteiger partial charge on any atom is -0.253 e. The molecule has 0 N–H and O–H groups in total. The zero-order chi connectivity index (χ0) is 32.1. The van der Waals surface area contributed by atoms with Crippen LogP contribution < -0.4 is 0 Å². The zero-order valence-electron chi connectivity index (χ0n) is 25.6. The van der Waals surface area contributed by atoms with Crippen LogP contribution in [-0.4, -0.2) is 40.3 Å². The summed E-state index contributed by atoms with van der Waals surface area (Å²) < 4.78 is 0. The van der Waals surface area contributed by atoms with E-state index in [2.05, 4.69) is 30.4 Å². The van der Waals surface area contributed by atoms with E-state index in [0.29, 0.717) is 34.4 Å². The van der Waals surface area contributed by atoms with Crippen LogP contribution in [0.4, 0.5) is 0 Å². The fourth-order valence-corrected chi connectivity index (χ4v) is 5.51. The molecule has 8 aromatic rings. The monoisotopic (exact) mass is 618 g/mol. The van der Waals surface area contributed by atoms with E-state index in [-0.39, 0.29) is 0 Å². The van der Waals surface area contributed by atoms with Crippen LogP contribution in [0, 0.1) is 0 Å². The molecule has 8 rings (SSSR count). The van der Waals surface area contributed by atoms with E-state index in [0.717, 1.165) is 44.8 Å². The molecular weight excluding hydrogens is 592 g/mol. The normalized spacial score (nSPS) is 10.9. The molecule has 4 aromatic carbocycles. The minimum absolute atomic E-state index is 0.432. The van der Waals surface area contributed by atoms with Gasteiger partial charge >= 0.3 is 0 Å². The molecule has 8 heteroatoms. The molecular formula is C40H26N8. The van der Waals surface area contributed by atoms with Crippen LogP contribution in [0.1, 0.15) is 0 Å². The Morgan fingerprint density at radius 1 is 0.292 bits per heavy atom. The molecule has 4 aromatic heterocycles. The molecule has 0 aliphatic carbocycles. The van der Waals surface area contributed by atoms with Gasteiger partial charge in [0.05, 0.1) is 0 Å². The molecule has 0 bridgehead atoms.